The summed E-state index contributed by atoms with van der Waals surface area (Å²) < 4.78 is 16.6. The second-order valence-electron chi connectivity index (χ2n) is 8.74. The van der Waals surface area contributed by atoms with Crippen molar-refractivity contribution >= 4 is 29.7 Å². The van der Waals surface area contributed by atoms with Crippen LogP contribution in [0.25, 0.3) is 5.69 Å². The van der Waals surface area contributed by atoms with Crippen LogP contribution in [0.4, 0.5) is 5.82 Å². The lowest BCUT2D eigenvalue weighted by atomic mass is 10.0. The number of hydrogen-bond donors (Lipinski definition) is 1. The number of ether oxygens (including phenoxy) is 2. The maximum absolute atomic E-state index is 12.4. The molecule has 1 aromatic carbocycles. The Bertz CT molecular complexity index is 1420. The molecular formula is C21H23N9O5S. The SMILES string of the molecule is Cc1cc(C)cc(-n2nnn([C@@H]3C/C(=N\NC(=O)Cn4cc([N+](=O)[O-])nc4C)[C@H]4OC[C@@H]3O4)c2=S)c1. The highest BCUT2D eigenvalue weighted by Crippen LogP contribution is 2.33. The Hall–Kier alpha value is -3.82. The van der Waals surface area contributed by atoms with E-state index in [1.54, 1.807) is 16.3 Å². The molecule has 36 heavy (non-hydrogen) atoms. The van der Waals surface area contributed by atoms with Crippen LogP contribution in [0.3, 0.4) is 0 Å². The number of tetrazole rings is 1. The molecule has 188 valence electrons. The quantitative estimate of drug-likeness (QED) is 0.294. The Balaban J connectivity index is 1.33. The summed E-state index contributed by atoms with van der Waals surface area (Å²) in [6.07, 6.45) is 0.597. The lowest BCUT2D eigenvalue weighted by molar-refractivity contribution is -0.389. The van der Waals surface area contributed by atoms with Crippen LogP contribution in [0.2, 0.25) is 0 Å². The van der Waals surface area contributed by atoms with E-state index in [9.17, 15) is 14.9 Å². The number of carbonyl (C=O) groups is 1. The van der Waals surface area contributed by atoms with Crippen molar-refractivity contribution in [3.63, 3.8) is 0 Å². The van der Waals surface area contributed by atoms with E-state index in [0.717, 1.165) is 16.8 Å². The van der Waals surface area contributed by atoms with Gasteiger partial charge in [0, 0.05) is 13.3 Å². The highest BCUT2D eigenvalue weighted by Gasteiger charge is 2.44. The van der Waals surface area contributed by atoms with Gasteiger partial charge in [0.2, 0.25) is 10.6 Å². The topological polar surface area (TPSA) is 157 Å². The minimum Gasteiger partial charge on any atom is -0.358 e. The predicted octanol–water partition coefficient (Wildman–Crippen LogP) is 1.69. The molecule has 14 nitrogen and oxygen atoms in total. The molecule has 4 heterocycles. The zero-order valence-corrected chi connectivity index (χ0v) is 20.5. The zero-order chi connectivity index (χ0) is 25.6. The molecule has 1 N–H and O–H groups in total. The van der Waals surface area contributed by atoms with E-state index < -0.39 is 17.1 Å². The fourth-order valence-electron chi connectivity index (χ4n) is 4.34. The van der Waals surface area contributed by atoms with E-state index in [1.807, 2.05) is 26.0 Å². The number of carbonyl (C=O) groups excluding carboxylic acids is 1. The van der Waals surface area contributed by atoms with Gasteiger partial charge >= 0.3 is 5.82 Å². The van der Waals surface area contributed by atoms with Crippen molar-refractivity contribution in [2.75, 3.05) is 6.61 Å². The molecule has 0 aliphatic carbocycles. The minimum atomic E-state index is -0.689. The van der Waals surface area contributed by atoms with E-state index in [-0.39, 0.29) is 24.5 Å². The van der Waals surface area contributed by atoms with E-state index in [1.165, 1.54) is 10.8 Å². The van der Waals surface area contributed by atoms with E-state index in [0.29, 0.717) is 29.3 Å². The highest BCUT2D eigenvalue weighted by atomic mass is 32.1. The summed E-state index contributed by atoms with van der Waals surface area (Å²) in [6.45, 7) is 5.71. The number of imidazole rings is 1. The Morgan fingerprint density at radius 1 is 1.28 bits per heavy atom. The molecule has 0 spiro atoms. The number of benzene rings is 1. The molecule has 2 fully saturated rings. The molecule has 2 bridgehead atoms. The van der Waals surface area contributed by atoms with Crippen LogP contribution in [0.5, 0.6) is 0 Å². The summed E-state index contributed by atoms with van der Waals surface area (Å²) in [4.78, 5) is 26.5. The van der Waals surface area contributed by atoms with Crippen LogP contribution in [0, 0.1) is 35.7 Å². The fourth-order valence-corrected chi connectivity index (χ4v) is 4.66. The molecule has 15 heteroatoms. The summed E-state index contributed by atoms with van der Waals surface area (Å²) in [5.41, 5.74) is 5.93. The summed E-state index contributed by atoms with van der Waals surface area (Å²) in [7, 11) is 0. The number of aryl methyl sites for hydroxylation is 3. The van der Waals surface area contributed by atoms with Gasteiger partial charge in [0.05, 0.1) is 24.0 Å². The van der Waals surface area contributed by atoms with Gasteiger partial charge < -0.3 is 19.6 Å². The van der Waals surface area contributed by atoms with Gasteiger partial charge in [-0.15, -0.1) is 0 Å². The average Bonchev–Trinajstić information content (AvgIpc) is 3.51. The van der Waals surface area contributed by atoms with Crippen LogP contribution in [0.15, 0.2) is 29.5 Å². The fraction of sp³-hybridized carbons (Fsp3) is 0.429. The van der Waals surface area contributed by atoms with E-state index in [2.05, 4.69) is 32.0 Å². The third-order valence-electron chi connectivity index (χ3n) is 5.99. The van der Waals surface area contributed by atoms with Gasteiger partial charge in [0.25, 0.3) is 5.91 Å². The molecular weight excluding hydrogens is 490 g/mol. The van der Waals surface area contributed by atoms with Gasteiger partial charge in [-0.25, -0.2) is 10.1 Å². The van der Waals surface area contributed by atoms with Crippen molar-refractivity contribution in [2.45, 2.75) is 52.2 Å². The van der Waals surface area contributed by atoms with Crippen molar-refractivity contribution in [1.29, 1.82) is 0 Å². The van der Waals surface area contributed by atoms with Crippen molar-refractivity contribution in [2.24, 2.45) is 5.10 Å². The number of rotatable bonds is 6. The second kappa shape index (κ2) is 9.33. The number of nitrogens with zero attached hydrogens (tertiary/aromatic N) is 8. The van der Waals surface area contributed by atoms with Crippen molar-refractivity contribution in [3.05, 3.63) is 56.2 Å². The number of hydrazone groups is 1. The van der Waals surface area contributed by atoms with Gasteiger partial charge in [-0.05, 0) is 69.7 Å². The Morgan fingerprint density at radius 3 is 2.72 bits per heavy atom. The van der Waals surface area contributed by atoms with Crippen LogP contribution >= 0.6 is 12.2 Å². The maximum atomic E-state index is 12.4. The van der Waals surface area contributed by atoms with Gasteiger partial charge in [0.15, 0.2) is 6.29 Å². The van der Waals surface area contributed by atoms with Gasteiger partial charge in [0.1, 0.15) is 18.8 Å². The largest absolute Gasteiger partial charge is 0.381 e. The first-order valence-electron chi connectivity index (χ1n) is 11.1. The molecule has 3 aromatic rings. The summed E-state index contributed by atoms with van der Waals surface area (Å²) in [6, 6.07) is 5.69. The molecule has 5 rings (SSSR count). The van der Waals surface area contributed by atoms with Crippen molar-refractivity contribution < 1.29 is 19.2 Å². The first-order chi connectivity index (χ1) is 17.2. The van der Waals surface area contributed by atoms with Gasteiger partial charge in [-0.1, -0.05) is 6.07 Å². The number of aromatic nitrogens is 6. The predicted molar refractivity (Wildman–Crippen MR) is 127 cm³/mol. The summed E-state index contributed by atoms with van der Waals surface area (Å²) >= 11 is 5.68. The molecule has 2 aliphatic heterocycles. The minimum absolute atomic E-state index is 0.183. The number of nitro groups is 1. The highest BCUT2D eigenvalue weighted by molar-refractivity contribution is 7.71. The van der Waals surface area contributed by atoms with E-state index >= 15 is 0 Å². The molecule has 0 unspecified atom stereocenters. The van der Waals surface area contributed by atoms with Crippen LogP contribution in [-0.2, 0) is 20.8 Å². The van der Waals surface area contributed by atoms with E-state index in [4.69, 9.17) is 21.7 Å². The molecule has 3 atom stereocenters. The van der Waals surface area contributed by atoms with Crippen LogP contribution in [0.1, 0.15) is 29.4 Å². The molecule has 2 aromatic heterocycles. The average molecular weight is 514 g/mol. The molecule has 0 saturated carbocycles. The Labute approximate surface area is 209 Å². The van der Waals surface area contributed by atoms with Gasteiger partial charge in [-0.2, -0.15) is 9.78 Å². The summed E-state index contributed by atoms with van der Waals surface area (Å²) in [5.74, 6) is -0.466. The summed E-state index contributed by atoms with van der Waals surface area (Å²) in [5, 5.41) is 23.7. The number of hydrogen-bond acceptors (Lipinski definition) is 10. The third-order valence-corrected chi connectivity index (χ3v) is 6.35. The maximum Gasteiger partial charge on any atom is 0.381 e. The lowest BCUT2D eigenvalue weighted by Crippen LogP contribution is -2.39. The third kappa shape index (κ3) is 4.55. The molecule has 2 saturated heterocycles. The van der Waals surface area contributed by atoms with Crippen LogP contribution in [-0.4, -0.2) is 64.9 Å². The number of amides is 1. The first kappa shape index (κ1) is 23.9. The molecule has 1 amide bonds. The van der Waals surface area contributed by atoms with Gasteiger partial charge in [-0.3, -0.25) is 9.36 Å². The van der Waals surface area contributed by atoms with Crippen molar-refractivity contribution in [1.82, 2.24) is 34.8 Å². The normalized spacial score (nSPS) is 22.2. The zero-order valence-electron chi connectivity index (χ0n) is 19.7. The van der Waals surface area contributed by atoms with Crippen LogP contribution < -0.4 is 5.43 Å². The van der Waals surface area contributed by atoms with Crippen molar-refractivity contribution in [3.8, 4) is 5.69 Å². The molecule has 2 aliphatic rings. The first-order valence-corrected chi connectivity index (χ1v) is 11.5. The lowest BCUT2D eigenvalue weighted by Gasteiger charge is -2.27. The Kier molecular flexibility index (Phi) is 6.19. The standard InChI is InChI=1S/C21H23N9O5S/c1-11-4-12(2)6-14(5-11)28-21(36)29(26-25-28)16-7-15(20-34-10-17(16)35-20)23-24-19(31)9-27-8-18(30(32)33)22-13(27)3/h4-6,8,16-17,20H,7,9-10H2,1-3H3,(H,24,31)/b23-15+/t16-,17+,20+/m1/s1. The Morgan fingerprint density at radius 2 is 2.03 bits per heavy atom. The second-order valence-corrected chi connectivity index (χ2v) is 9.11. The monoisotopic (exact) mass is 513 g/mol. The smallest absolute Gasteiger partial charge is 0.358 e. The number of nitrogens with one attached hydrogen (secondary N) is 1. The number of fused-ring (bicyclic) bond motifs is 2. The molecule has 0 radical (unpaired) electrons.